The number of benzene rings is 6. The molecule has 11 aromatic rings. The van der Waals surface area contributed by atoms with E-state index in [9.17, 15) is 0 Å². The van der Waals surface area contributed by atoms with E-state index in [1.165, 1.54) is 27.1 Å². The Bertz CT molecular complexity index is 2930. The second-order valence-electron chi connectivity index (χ2n) is 12.8. The molecule has 51 heavy (non-hydrogen) atoms. The molecule has 0 N–H and O–H groups in total. The van der Waals surface area contributed by atoms with E-state index in [-0.39, 0.29) is 0 Å². The topological polar surface area (TPSA) is 61.4 Å². The summed E-state index contributed by atoms with van der Waals surface area (Å²) in [5.74, 6) is 0.598. The summed E-state index contributed by atoms with van der Waals surface area (Å²) in [6, 6.07) is 53.4. The highest BCUT2D eigenvalue weighted by Gasteiger charge is 2.18. The van der Waals surface area contributed by atoms with E-state index in [2.05, 4.69) is 165 Å². The molecule has 238 valence electrons. The monoisotopic (exact) mass is 670 g/mol. The highest BCUT2D eigenvalue weighted by Crippen LogP contribution is 2.38. The van der Waals surface area contributed by atoms with E-state index in [1.807, 2.05) is 12.3 Å². The van der Waals surface area contributed by atoms with E-state index >= 15 is 0 Å². The summed E-state index contributed by atoms with van der Waals surface area (Å²) in [5.41, 5.74) is 10.5. The second-order valence-corrected chi connectivity index (χ2v) is 13.8. The third kappa shape index (κ3) is 4.28. The summed E-state index contributed by atoms with van der Waals surface area (Å²) >= 11 is 1.57. The SMILES string of the molecule is c1ccc(-n2c3ccccc3c3ccc(-c4cc5c(cn4)sc4nnc(-c6ccc7c8ccccc8n(-c8ccccc8)c7c6)nc45)cc32)cc1. The quantitative estimate of drug-likeness (QED) is 0.187. The Morgan fingerprint density at radius 1 is 0.451 bits per heavy atom. The molecule has 0 aliphatic carbocycles. The summed E-state index contributed by atoms with van der Waals surface area (Å²) in [4.78, 5) is 10.9. The van der Waals surface area contributed by atoms with E-state index in [0.29, 0.717) is 5.82 Å². The molecule has 0 spiro atoms. The molecule has 0 aliphatic heterocycles. The molecule has 0 saturated heterocycles. The lowest BCUT2D eigenvalue weighted by Crippen LogP contribution is -1.95. The molecule has 0 saturated carbocycles. The van der Waals surface area contributed by atoms with Crippen molar-refractivity contribution in [3.8, 4) is 34.0 Å². The van der Waals surface area contributed by atoms with Crippen LogP contribution < -0.4 is 0 Å². The Hall–Kier alpha value is -6.70. The average Bonchev–Trinajstić information content (AvgIpc) is 3.85. The molecule has 0 atom stereocenters. The Balaban J connectivity index is 1.07. The van der Waals surface area contributed by atoms with Gasteiger partial charge in [0.15, 0.2) is 10.7 Å². The predicted molar refractivity (Wildman–Crippen MR) is 210 cm³/mol. The number of pyridine rings is 1. The Morgan fingerprint density at radius 2 is 1.00 bits per heavy atom. The van der Waals surface area contributed by atoms with Crippen molar-refractivity contribution in [2.45, 2.75) is 0 Å². The fraction of sp³-hybridized carbons (Fsp3) is 0. The van der Waals surface area contributed by atoms with Crippen molar-refractivity contribution in [2.24, 2.45) is 0 Å². The van der Waals surface area contributed by atoms with Crippen LogP contribution >= 0.6 is 11.3 Å². The first-order valence-corrected chi connectivity index (χ1v) is 17.7. The lowest BCUT2D eigenvalue weighted by Gasteiger charge is -2.09. The maximum atomic E-state index is 5.16. The highest BCUT2D eigenvalue weighted by atomic mass is 32.1. The normalized spacial score (nSPS) is 11.9. The standard InChI is InChI=1S/C44H26N6S/c1-3-11-29(12-4-1)49-37-17-9-7-15-31(37)33-21-19-27(23-39(33)49)36-25-35-41(26-45-36)51-44-42(35)46-43(47-48-44)28-20-22-34-32-16-8-10-18-38(32)50(40(34)24-28)30-13-5-2-6-14-30/h1-26H. The van der Waals surface area contributed by atoms with Crippen LogP contribution in [0, 0.1) is 0 Å². The molecule has 11 rings (SSSR count). The van der Waals surface area contributed by atoms with Gasteiger partial charge in [-0.05, 0) is 54.6 Å². The fourth-order valence-corrected chi connectivity index (χ4v) is 8.52. The lowest BCUT2D eigenvalue weighted by molar-refractivity contribution is 1.04. The minimum absolute atomic E-state index is 0.598. The van der Waals surface area contributed by atoms with Gasteiger partial charge in [-0.3, -0.25) is 4.98 Å². The maximum absolute atomic E-state index is 5.16. The van der Waals surface area contributed by atoms with Crippen LogP contribution in [0.15, 0.2) is 158 Å². The Morgan fingerprint density at radius 3 is 1.65 bits per heavy atom. The van der Waals surface area contributed by atoms with Gasteiger partial charge in [0, 0.05) is 55.6 Å². The second kappa shape index (κ2) is 10.9. The van der Waals surface area contributed by atoms with Crippen molar-refractivity contribution >= 4 is 75.4 Å². The van der Waals surface area contributed by atoms with Gasteiger partial charge in [-0.25, -0.2) is 4.98 Å². The van der Waals surface area contributed by atoms with E-state index < -0.39 is 0 Å². The van der Waals surface area contributed by atoms with E-state index in [4.69, 9.17) is 9.97 Å². The number of aromatic nitrogens is 6. The molecule has 0 radical (unpaired) electrons. The zero-order chi connectivity index (χ0) is 33.5. The van der Waals surface area contributed by atoms with Crippen molar-refractivity contribution in [1.82, 2.24) is 29.3 Å². The summed E-state index contributed by atoms with van der Waals surface area (Å²) < 4.78 is 5.68. The molecule has 5 aromatic heterocycles. The zero-order valence-corrected chi connectivity index (χ0v) is 27.9. The van der Waals surface area contributed by atoms with Gasteiger partial charge in [-0.15, -0.1) is 21.5 Å². The largest absolute Gasteiger partial charge is 0.309 e. The van der Waals surface area contributed by atoms with Crippen LogP contribution in [0.3, 0.4) is 0 Å². The van der Waals surface area contributed by atoms with Crippen molar-refractivity contribution in [3.63, 3.8) is 0 Å². The highest BCUT2D eigenvalue weighted by molar-refractivity contribution is 7.25. The number of hydrogen-bond donors (Lipinski definition) is 0. The van der Waals surface area contributed by atoms with Gasteiger partial charge >= 0.3 is 0 Å². The van der Waals surface area contributed by atoms with Crippen molar-refractivity contribution in [3.05, 3.63) is 158 Å². The van der Waals surface area contributed by atoms with Crippen molar-refractivity contribution < 1.29 is 0 Å². The summed E-state index contributed by atoms with van der Waals surface area (Å²) in [7, 11) is 0. The van der Waals surface area contributed by atoms with Crippen LogP contribution in [0.2, 0.25) is 0 Å². The number of thiophene rings is 1. The van der Waals surface area contributed by atoms with Crippen LogP contribution in [-0.2, 0) is 0 Å². The number of nitrogens with zero attached hydrogens (tertiary/aromatic N) is 6. The van der Waals surface area contributed by atoms with Crippen LogP contribution in [-0.4, -0.2) is 29.3 Å². The fourth-order valence-electron chi connectivity index (χ4n) is 7.60. The minimum Gasteiger partial charge on any atom is -0.309 e. The Kier molecular flexibility index (Phi) is 6.02. The first kappa shape index (κ1) is 28.2. The smallest absolute Gasteiger partial charge is 0.182 e. The average molecular weight is 671 g/mol. The zero-order valence-electron chi connectivity index (χ0n) is 27.1. The van der Waals surface area contributed by atoms with Gasteiger partial charge in [0.2, 0.25) is 0 Å². The van der Waals surface area contributed by atoms with Gasteiger partial charge in [-0.1, -0.05) is 97.1 Å². The molecular weight excluding hydrogens is 645 g/mol. The first-order valence-electron chi connectivity index (χ1n) is 16.9. The van der Waals surface area contributed by atoms with E-state index in [0.717, 1.165) is 65.2 Å². The molecule has 0 bridgehead atoms. The third-order valence-electron chi connectivity index (χ3n) is 9.92. The van der Waals surface area contributed by atoms with Crippen LogP contribution in [0.1, 0.15) is 0 Å². The van der Waals surface area contributed by atoms with Crippen LogP contribution in [0.25, 0.3) is 98.1 Å². The summed E-state index contributed by atoms with van der Waals surface area (Å²) in [5, 5.41) is 15.2. The number of para-hydroxylation sites is 4. The molecule has 0 aliphatic rings. The molecule has 0 unspecified atom stereocenters. The van der Waals surface area contributed by atoms with Gasteiger partial charge in [0.25, 0.3) is 0 Å². The molecule has 5 heterocycles. The van der Waals surface area contributed by atoms with Crippen molar-refractivity contribution in [2.75, 3.05) is 0 Å². The predicted octanol–water partition coefficient (Wildman–Crippen LogP) is 11.2. The van der Waals surface area contributed by atoms with Gasteiger partial charge in [0.1, 0.15) is 5.52 Å². The molecule has 0 amide bonds. The Labute approximate surface area is 295 Å². The first-order chi connectivity index (χ1) is 25.3. The van der Waals surface area contributed by atoms with Gasteiger partial charge in [-0.2, -0.15) is 0 Å². The van der Waals surface area contributed by atoms with E-state index in [1.54, 1.807) is 11.3 Å². The number of fused-ring (bicyclic) bond motifs is 9. The van der Waals surface area contributed by atoms with Crippen LogP contribution in [0.5, 0.6) is 0 Å². The van der Waals surface area contributed by atoms with Crippen LogP contribution in [0.4, 0.5) is 0 Å². The number of rotatable bonds is 4. The molecule has 6 nitrogen and oxygen atoms in total. The molecule has 0 fully saturated rings. The van der Waals surface area contributed by atoms with Gasteiger partial charge < -0.3 is 9.13 Å². The number of hydrogen-bond acceptors (Lipinski definition) is 5. The maximum Gasteiger partial charge on any atom is 0.182 e. The summed E-state index contributed by atoms with van der Waals surface area (Å²) in [6.07, 6.45) is 1.94. The minimum atomic E-state index is 0.598. The molecule has 7 heteroatoms. The van der Waals surface area contributed by atoms with Crippen molar-refractivity contribution in [1.29, 1.82) is 0 Å². The molecular formula is C44H26N6S. The third-order valence-corrected chi connectivity index (χ3v) is 10.9. The summed E-state index contributed by atoms with van der Waals surface area (Å²) in [6.45, 7) is 0. The lowest BCUT2D eigenvalue weighted by atomic mass is 10.1. The molecule has 6 aromatic carbocycles. The van der Waals surface area contributed by atoms with Gasteiger partial charge in [0.05, 0.1) is 32.5 Å².